The minimum atomic E-state index is -0.0387. The lowest BCUT2D eigenvalue weighted by atomic mass is 10.1. The van der Waals surface area contributed by atoms with Crippen molar-refractivity contribution in [3.63, 3.8) is 0 Å². The number of rotatable bonds is 6. The van der Waals surface area contributed by atoms with Gasteiger partial charge in [-0.15, -0.1) is 0 Å². The summed E-state index contributed by atoms with van der Waals surface area (Å²) in [6, 6.07) is 11.5. The number of pyridine rings is 1. The van der Waals surface area contributed by atoms with Crippen molar-refractivity contribution >= 4 is 17.5 Å². The second-order valence-electron chi connectivity index (χ2n) is 6.10. The Kier molecular flexibility index (Phi) is 5.05. The van der Waals surface area contributed by atoms with Crippen LogP contribution in [-0.4, -0.2) is 28.9 Å². The van der Waals surface area contributed by atoms with Gasteiger partial charge in [-0.05, 0) is 49.6 Å². The second kappa shape index (κ2) is 7.22. The SMILES string of the molecule is COc1ccc(CC(=O)N(C2CC2)C(C)c2ccccn2)c(Cl)c1. The van der Waals surface area contributed by atoms with E-state index in [9.17, 15) is 4.79 Å². The first-order chi connectivity index (χ1) is 11.6. The third-order valence-electron chi connectivity index (χ3n) is 4.36. The van der Waals surface area contributed by atoms with Crippen molar-refractivity contribution in [3.8, 4) is 5.75 Å². The van der Waals surface area contributed by atoms with Crippen LogP contribution in [0, 0.1) is 0 Å². The van der Waals surface area contributed by atoms with Crippen molar-refractivity contribution in [2.24, 2.45) is 0 Å². The highest BCUT2D eigenvalue weighted by atomic mass is 35.5. The molecule has 2 aromatic rings. The molecule has 1 atom stereocenters. The summed E-state index contributed by atoms with van der Waals surface area (Å²) in [6.45, 7) is 2.04. The van der Waals surface area contributed by atoms with Crippen LogP contribution in [0.25, 0.3) is 0 Å². The van der Waals surface area contributed by atoms with E-state index in [1.807, 2.05) is 42.2 Å². The Balaban J connectivity index is 1.78. The molecule has 1 fully saturated rings. The zero-order chi connectivity index (χ0) is 17.1. The maximum atomic E-state index is 12.9. The minimum absolute atomic E-state index is 0.0387. The Morgan fingerprint density at radius 2 is 2.17 bits per heavy atom. The van der Waals surface area contributed by atoms with Crippen molar-refractivity contribution in [2.45, 2.75) is 38.3 Å². The molecule has 1 aliphatic carbocycles. The Morgan fingerprint density at radius 3 is 2.75 bits per heavy atom. The van der Waals surface area contributed by atoms with E-state index in [0.29, 0.717) is 16.8 Å². The predicted molar refractivity (Wildman–Crippen MR) is 94.2 cm³/mol. The molecule has 0 N–H and O–H groups in total. The summed E-state index contributed by atoms with van der Waals surface area (Å²) in [5.41, 5.74) is 1.74. The van der Waals surface area contributed by atoms with Gasteiger partial charge >= 0.3 is 0 Å². The topological polar surface area (TPSA) is 42.4 Å². The number of hydrogen-bond acceptors (Lipinski definition) is 3. The summed E-state index contributed by atoms with van der Waals surface area (Å²) in [6.07, 6.45) is 4.16. The first-order valence-electron chi connectivity index (χ1n) is 8.14. The number of benzene rings is 1. The average Bonchev–Trinajstić information content (AvgIpc) is 3.42. The fourth-order valence-electron chi connectivity index (χ4n) is 2.91. The van der Waals surface area contributed by atoms with Crippen LogP contribution in [-0.2, 0) is 11.2 Å². The van der Waals surface area contributed by atoms with Gasteiger partial charge in [-0.25, -0.2) is 0 Å². The molecule has 1 amide bonds. The second-order valence-corrected chi connectivity index (χ2v) is 6.50. The number of amides is 1. The summed E-state index contributed by atoms with van der Waals surface area (Å²) in [5.74, 6) is 0.778. The van der Waals surface area contributed by atoms with E-state index in [2.05, 4.69) is 4.98 Å². The smallest absolute Gasteiger partial charge is 0.227 e. The summed E-state index contributed by atoms with van der Waals surface area (Å²) in [7, 11) is 1.60. The molecule has 0 aliphatic heterocycles. The van der Waals surface area contributed by atoms with Crippen molar-refractivity contribution < 1.29 is 9.53 Å². The van der Waals surface area contributed by atoms with Gasteiger partial charge in [-0.2, -0.15) is 0 Å². The monoisotopic (exact) mass is 344 g/mol. The van der Waals surface area contributed by atoms with Gasteiger partial charge in [0, 0.05) is 17.3 Å². The molecule has 0 radical (unpaired) electrons. The largest absolute Gasteiger partial charge is 0.497 e. The number of hydrogen-bond donors (Lipinski definition) is 0. The molecule has 1 saturated carbocycles. The molecule has 1 heterocycles. The molecule has 4 nitrogen and oxygen atoms in total. The van der Waals surface area contributed by atoms with Crippen LogP contribution >= 0.6 is 11.6 Å². The van der Waals surface area contributed by atoms with Crippen molar-refractivity contribution in [3.05, 3.63) is 58.9 Å². The molecule has 0 saturated heterocycles. The molecule has 126 valence electrons. The van der Waals surface area contributed by atoms with Crippen molar-refractivity contribution in [1.29, 1.82) is 0 Å². The highest BCUT2D eigenvalue weighted by Gasteiger charge is 2.36. The molecular weight excluding hydrogens is 324 g/mol. The van der Waals surface area contributed by atoms with Crippen LogP contribution in [0.4, 0.5) is 0 Å². The van der Waals surface area contributed by atoms with Crippen LogP contribution in [0.3, 0.4) is 0 Å². The fraction of sp³-hybridized carbons (Fsp3) is 0.368. The maximum Gasteiger partial charge on any atom is 0.227 e. The number of nitrogens with zero attached hydrogens (tertiary/aromatic N) is 2. The van der Waals surface area contributed by atoms with Crippen molar-refractivity contribution in [2.75, 3.05) is 7.11 Å². The summed E-state index contributed by atoms with van der Waals surface area (Å²) in [5, 5.41) is 0.559. The van der Waals surface area contributed by atoms with Crippen molar-refractivity contribution in [1.82, 2.24) is 9.88 Å². The van der Waals surface area contributed by atoms with Gasteiger partial charge in [0.25, 0.3) is 0 Å². The van der Waals surface area contributed by atoms with Crippen LogP contribution in [0.2, 0.25) is 5.02 Å². The van der Waals surface area contributed by atoms with E-state index in [1.54, 1.807) is 19.4 Å². The van der Waals surface area contributed by atoms with E-state index < -0.39 is 0 Å². The molecule has 24 heavy (non-hydrogen) atoms. The summed E-state index contributed by atoms with van der Waals surface area (Å²) >= 11 is 6.29. The fourth-order valence-corrected chi connectivity index (χ4v) is 3.14. The normalized spacial score (nSPS) is 15.0. The van der Waals surface area contributed by atoms with Crippen LogP contribution in [0.1, 0.15) is 37.1 Å². The predicted octanol–water partition coefficient (Wildman–Crippen LogP) is 4.04. The molecule has 1 aromatic heterocycles. The molecular formula is C19H21ClN2O2. The molecule has 1 aliphatic rings. The van der Waals surface area contributed by atoms with Gasteiger partial charge in [0.2, 0.25) is 5.91 Å². The van der Waals surface area contributed by atoms with E-state index >= 15 is 0 Å². The van der Waals surface area contributed by atoms with Gasteiger partial charge in [-0.1, -0.05) is 23.7 Å². The summed E-state index contributed by atoms with van der Waals surface area (Å²) < 4.78 is 5.16. The number of carbonyl (C=O) groups excluding carboxylic acids is 1. The van der Waals surface area contributed by atoms with Crippen LogP contribution < -0.4 is 4.74 Å². The average molecular weight is 345 g/mol. The number of carbonyl (C=O) groups is 1. The van der Waals surface area contributed by atoms with Crippen LogP contribution in [0.5, 0.6) is 5.75 Å². The first kappa shape index (κ1) is 16.8. The van der Waals surface area contributed by atoms with Gasteiger partial charge < -0.3 is 9.64 Å². The number of methoxy groups -OCH3 is 1. The summed E-state index contributed by atoms with van der Waals surface area (Å²) in [4.78, 5) is 19.3. The van der Waals surface area contributed by atoms with Gasteiger partial charge in [0.15, 0.2) is 0 Å². The lowest BCUT2D eigenvalue weighted by Gasteiger charge is -2.29. The van der Waals surface area contributed by atoms with Gasteiger partial charge in [0.1, 0.15) is 5.75 Å². The Bertz CT molecular complexity index is 717. The quantitative estimate of drug-likeness (QED) is 0.794. The van der Waals surface area contributed by atoms with E-state index in [4.69, 9.17) is 16.3 Å². The lowest BCUT2D eigenvalue weighted by Crippen LogP contribution is -2.37. The van der Waals surface area contributed by atoms with Crippen LogP contribution in [0.15, 0.2) is 42.6 Å². The molecule has 1 unspecified atom stereocenters. The minimum Gasteiger partial charge on any atom is -0.497 e. The van der Waals surface area contributed by atoms with Gasteiger partial charge in [-0.3, -0.25) is 9.78 Å². The Morgan fingerprint density at radius 1 is 1.38 bits per heavy atom. The Labute approximate surface area is 147 Å². The zero-order valence-corrected chi connectivity index (χ0v) is 14.7. The maximum absolute atomic E-state index is 12.9. The number of ether oxygens (including phenoxy) is 1. The van der Waals surface area contributed by atoms with Gasteiger partial charge in [0.05, 0.1) is 25.3 Å². The standard InChI is InChI=1S/C19H21ClN2O2/c1-13(18-5-3-4-10-21-18)22(15-7-8-15)19(23)11-14-6-9-16(24-2)12-17(14)20/h3-6,9-10,12-13,15H,7-8,11H2,1-2H3. The molecule has 3 rings (SSSR count). The molecule has 0 bridgehead atoms. The highest BCUT2D eigenvalue weighted by Crippen LogP contribution is 2.35. The molecule has 0 spiro atoms. The highest BCUT2D eigenvalue weighted by molar-refractivity contribution is 6.31. The zero-order valence-electron chi connectivity index (χ0n) is 13.9. The first-order valence-corrected chi connectivity index (χ1v) is 8.52. The van der Waals surface area contributed by atoms with E-state index in [0.717, 1.165) is 24.1 Å². The van der Waals surface area contributed by atoms with E-state index in [1.165, 1.54) is 0 Å². The third kappa shape index (κ3) is 3.70. The van der Waals surface area contributed by atoms with E-state index in [-0.39, 0.29) is 18.4 Å². The molecule has 1 aromatic carbocycles. The molecule has 5 heteroatoms. The number of halogens is 1. The lowest BCUT2D eigenvalue weighted by molar-refractivity contribution is -0.133. The Hall–Kier alpha value is -2.07. The number of aromatic nitrogens is 1. The third-order valence-corrected chi connectivity index (χ3v) is 4.72.